The van der Waals surface area contributed by atoms with Crippen molar-refractivity contribution >= 4 is 16.9 Å². The molecule has 3 rings (SSSR count). The van der Waals surface area contributed by atoms with E-state index in [4.69, 9.17) is 5.26 Å². The molecule has 0 aliphatic rings. The lowest BCUT2D eigenvalue weighted by Gasteiger charge is -2.14. The summed E-state index contributed by atoms with van der Waals surface area (Å²) in [6.45, 7) is 3.33. The van der Waals surface area contributed by atoms with E-state index in [9.17, 15) is 0 Å². The molecular weight excluding hydrogens is 280 g/mol. The summed E-state index contributed by atoms with van der Waals surface area (Å²) >= 11 is 0. The normalized spacial score (nSPS) is 12.2. The summed E-state index contributed by atoms with van der Waals surface area (Å²) in [4.78, 5) is 8.56. The average molecular weight is 296 g/mol. The number of aryl methyl sites for hydroxylation is 1. The Morgan fingerprint density at radius 1 is 1.36 bits per heavy atom. The Kier molecular flexibility index (Phi) is 3.96. The van der Waals surface area contributed by atoms with Gasteiger partial charge in [-0.1, -0.05) is 0 Å². The first-order chi connectivity index (χ1) is 10.8. The summed E-state index contributed by atoms with van der Waals surface area (Å²) in [6.07, 6.45) is 7.33. The van der Waals surface area contributed by atoms with Crippen LogP contribution in [-0.4, -0.2) is 35.6 Å². The van der Waals surface area contributed by atoms with Crippen molar-refractivity contribution in [1.82, 2.24) is 29.5 Å². The molecule has 3 aromatic heterocycles. The molecule has 3 heterocycles. The van der Waals surface area contributed by atoms with Crippen LogP contribution in [0.1, 0.15) is 13.3 Å². The molecule has 3 aromatic rings. The molecular formula is C14H16N8. The molecule has 8 heteroatoms. The summed E-state index contributed by atoms with van der Waals surface area (Å²) in [7, 11) is 0. The standard InChI is InChI=1S/C14H16N8/c1-11(9-21-6-3-5-18-21)20-13-12-8-19-22(7-2-4-15)14(12)17-10-16-13/h3,5-6,8,10-11H,2,7,9H2,1H3,(H,16,17,20)/t11-/m0/s1. The number of rotatable bonds is 6. The molecule has 22 heavy (non-hydrogen) atoms. The highest BCUT2D eigenvalue weighted by atomic mass is 15.3. The number of nitrogens with zero attached hydrogens (tertiary/aromatic N) is 7. The third kappa shape index (κ3) is 2.88. The Morgan fingerprint density at radius 2 is 2.27 bits per heavy atom. The fourth-order valence-corrected chi connectivity index (χ4v) is 2.30. The van der Waals surface area contributed by atoms with Gasteiger partial charge in [-0.25, -0.2) is 14.6 Å². The van der Waals surface area contributed by atoms with Gasteiger partial charge in [-0.2, -0.15) is 15.5 Å². The van der Waals surface area contributed by atoms with E-state index in [1.54, 1.807) is 17.1 Å². The number of fused-ring (bicyclic) bond motifs is 1. The average Bonchev–Trinajstić information content (AvgIpc) is 3.15. The maximum Gasteiger partial charge on any atom is 0.163 e. The van der Waals surface area contributed by atoms with E-state index in [0.717, 1.165) is 23.4 Å². The summed E-state index contributed by atoms with van der Waals surface area (Å²) in [6, 6.07) is 4.16. The first kappa shape index (κ1) is 14.0. The third-order valence-corrected chi connectivity index (χ3v) is 3.27. The predicted octanol–water partition coefficient (Wildman–Crippen LogP) is 1.44. The van der Waals surface area contributed by atoms with Crippen LogP contribution < -0.4 is 5.32 Å². The molecule has 0 bridgehead atoms. The van der Waals surface area contributed by atoms with E-state index in [1.165, 1.54) is 6.33 Å². The number of nitriles is 1. The van der Waals surface area contributed by atoms with Gasteiger partial charge in [-0.15, -0.1) is 0 Å². The molecule has 0 radical (unpaired) electrons. The van der Waals surface area contributed by atoms with Crippen LogP contribution in [0.15, 0.2) is 31.0 Å². The van der Waals surface area contributed by atoms with Crippen LogP contribution in [0, 0.1) is 11.3 Å². The quantitative estimate of drug-likeness (QED) is 0.739. The summed E-state index contributed by atoms with van der Waals surface area (Å²) in [5, 5.41) is 21.4. The predicted molar refractivity (Wildman–Crippen MR) is 80.9 cm³/mol. The minimum Gasteiger partial charge on any atom is -0.365 e. The number of anilines is 1. The third-order valence-electron chi connectivity index (χ3n) is 3.27. The van der Waals surface area contributed by atoms with Gasteiger partial charge in [-0.3, -0.25) is 4.68 Å². The van der Waals surface area contributed by atoms with Gasteiger partial charge in [0, 0.05) is 18.4 Å². The SMILES string of the molecule is C[C@@H](Cn1cccn1)Nc1ncnc2c1cnn2CCC#N. The van der Waals surface area contributed by atoms with Crippen LogP contribution in [0.5, 0.6) is 0 Å². The number of aromatic nitrogens is 6. The van der Waals surface area contributed by atoms with Crippen molar-refractivity contribution in [2.75, 3.05) is 5.32 Å². The summed E-state index contributed by atoms with van der Waals surface area (Å²) in [5.74, 6) is 0.743. The van der Waals surface area contributed by atoms with Gasteiger partial charge in [0.25, 0.3) is 0 Å². The Bertz CT molecular complexity index is 783. The van der Waals surface area contributed by atoms with E-state index in [2.05, 4.69) is 38.5 Å². The van der Waals surface area contributed by atoms with Crippen molar-refractivity contribution in [2.45, 2.75) is 32.5 Å². The van der Waals surface area contributed by atoms with E-state index in [1.807, 2.05) is 16.9 Å². The first-order valence-corrected chi connectivity index (χ1v) is 7.05. The number of nitrogens with one attached hydrogen (secondary N) is 1. The second-order valence-electron chi connectivity index (χ2n) is 5.01. The van der Waals surface area contributed by atoms with E-state index in [0.29, 0.717) is 13.0 Å². The first-order valence-electron chi connectivity index (χ1n) is 7.05. The molecule has 1 atom stereocenters. The van der Waals surface area contributed by atoms with E-state index in [-0.39, 0.29) is 6.04 Å². The molecule has 0 aliphatic heterocycles. The molecule has 0 aliphatic carbocycles. The summed E-state index contributed by atoms with van der Waals surface area (Å²) < 4.78 is 3.59. The fraction of sp³-hybridized carbons (Fsp3) is 0.357. The lowest BCUT2D eigenvalue weighted by Crippen LogP contribution is -2.23. The smallest absolute Gasteiger partial charge is 0.163 e. The van der Waals surface area contributed by atoms with Crippen LogP contribution in [0.4, 0.5) is 5.82 Å². The zero-order chi connectivity index (χ0) is 15.4. The van der Waals surface area contributed by atoms with Gasteiger partial charge >= 0.3 is 0 Å². The van der Waals surface area contributed by atoms with Gasteiger partial charge in [0.05, 0.1) is 37.2 Å². The van der Waals surface area contributed by atoms with Crippen molar-refractivity contribution < 1.29 is 0 Å². The molecule has 0 saturated carbocycles. The second kappa shape index (κ2) is 6.22. The monoisotopic (exact) mass is 296 g/mol. The van der Waals surface area contributed by atoms with E-state index >= 15 is 0 Å². The molecule has 0 aromatic carbocycles. The Labute approximate surface area is 127 Å². The fourth-order valence-electron chi connectivity index (χ4n) is 2.30. The van der Waals surface area contributed by atoms with Crippen molar-refractivity contribution in [1.29, 1.82) is 5.26 Å². The van der Waals surface area contributed by atoms with Gasteiger partial charge in [0.2, 0.25) is 0 Å². The van der Waals surface area contributed by atoms with Gasteiger partial charge in [0.15, 0.2) is 5.65 Å². The van der Waals surface area contributed by atoms with Crippen LogP contribution in [0.25, 0.3) is 11.0 Å². The molecule has 0 fully saturated rings. The van der Waals surface area contributed by atoms with Crippen LogP contribution in [-0.2, 0) is 13.1 Å². The van der Waals surface area contributed by atoms with Gasteiger partial charge < -0.3 is 5.32 Å². The zero-order valence-electron chi connectivity index (χ0n) is 12.2. The topological polar surface area (TPSA) is 97.2 Å². The molecule has 8 nitrogen and oxygen atoms in total. The maximum atomic E-state index is 8.69. The lowest BCUT2D eigenvalue weighted by molar-refractivity contribution is 0.560. The second-order valence-corrected chi connectivity index (χ2v) is 5.01. The molecule has 1 N–H and O–H groups in total. The van der Waals surface area contributed by atoms with Crippen molar-refractivity contribution in [3.63, 3.8) is 0 Å². The van der Waals surface area contributed by atoms with E-state index < -0.39 is 0 Å². The summed E-state index contributed by atoms with van der Waals surface area (Å²) in [5.41, 5.74) is 0.735. The Morgan fingerprint density at radius 3 is 3.05 bits per heavy atom. The lowest BCUT2D eigenvalue weighted by atomic mass is 10.3. The Balaban J connectivity index is 1.79. The molecule has 0 amide bonds. The Hall–Kier alpha value is -2.95. The highest BCUT2D eigenvalue weighted by molar-refractivity contribution is 5.86. The highest BCUT2D eigenvalue weighted by Crippen LogP contribution is 2.19. The minimum absolute atomic E-state index is 0.153. The van der Waals surface area contributed by atoms with Crippen LogP contribution in [0.2, 0.25) is 0 Å². The van der Waals surface area contributed by atoms with Gasteiger partial charge in [0.1, 0.15) is 12.1 Å². The number of hydrogen-bond donors (Lipinski definition) is 1. The maximum absolute atomic E-state index is 8.69. The van der Waals surface area contributed by atoms with Crippen molar-refractivity contribution in [2.24, 2.45) is 0 Å². The van der Waals surface area contributed by atoms with Crippen LogP contribution in [0.3, 0.4) is 0 Å². The van der Waals surface area contributed by atoms with Crippen molar-refractivity contribution in [3.05, 3.63) is 31.0 Å². The molecule has 0 unspecified atom stereocenters. The molecule has 112 valence electrons. The number of hydrogen-bond acceptors (Lipinski definition) is 6. The largest absolute Gasteiger partial charge is 0.365 e. The van der Waals surface area contributed by atoms with Crippen molar-refractivity contribution in [3.8, 4) is 6.07 Å². The molecule has 0 saturated heterocycles. The van der Waals surface area contributed by atoms with Crippen LogP contribution >= 0.6 is 0 Å². The highest BCUT2D eigenvalue weighted by Gasteiger charge is 2.12. The van der Waals surface area contributed by atoms with Gasteiger partial charge in [-0.05, 0) is 13.0 Å². The minimum atomic E-state index is 0.153. The molecule has 0 spiro atoms. The zero-order valence-corrected chi connectivity index (χ0v) is 12.2.